The smallest absolute Gasteiger partial charge is 0.228 e. The molecule has 1 saturated heterocycles. The summed E-state index contributed by atoms with van der Waals surface area (Å²) in [6.07, 6.45) is 4.22. The molecule has 2 aromatic heterocycles. The Morgan fingerprint density at radius 2 is 2.20 bits per heavy atom. The summed E-state index contributed by atoms with van der Waals surface area (Å²) in [4.78, 5) is 32.5. The van der Waals surface area contributed by atoms with Crippen LogP contribution in [-0.2, 0) is 22.6 Å². The van der Waals surface area contributed by atoms with Gasteiger partial charge in [0.15, 0.2) is 0 Å². The van der Waals surface area contributed by atoms with Crippen molar-refractivity contribution in [3.63, 3.8) is 0 Å². The van der Waals surface area contributed by atoms with Gasteiger partial charge < -0.3 is 10.2 Å². The zero-order chi connectivity index (χ0) is 17.8. The van der Waals surface area contributed by atoms with Gasteiger partial charge in [0.05, 0.1) is 24.7 Å². The lowest BCUT2D eigenvalue weighted by Crippen LogP contribution is -2.31. The second-order valence-corrected chi connectivity index (χ2v) is 7.80. The van der Waals surface area contributed by atoms with Crippen molar-refractivity contribution >= 4 is 23.2 Å². The Morgan fingerprint density at radius 1 is 1.36 bits per heavy atom. The minimum absolute atomic E-state index is 0.0730. The number of carbonyl (C=O) groups excluding carboxylic acids is 2. The summed E-state index contributed by atoms with van der Waals surface area (Å²) in [7, 11) is 0. The molecule has 0 radical (unpaired) electrons. The maximum Gasteiger partial charge on any atom is 0.228 e. The zero-order valence-corrected chi connectivity index (χ0v) is 15.4. The van der Waals surface area contributed by atoms with Gasteiger partial charge in [-0.1, -0.05) is 0 Å². The molecule has 1 atom stereocenters. The molecule has 0 unspecified atom stereocenters. The third kappa shape index (κ3) is 4.45. The predicted octanol–water partition coefficient (Wildman–Crippen LogP) is 2.99. The normalized spacial score (nSPS) is 16.9. The summed E-state index contributed by atoms with van der Waals surface area (Å²) in [6.45, 7) is 4.77. The van der Waals surface area contributed by atoms with Crippen LogP contribution in [0.2, 0.25) is 0 Å². The van der Waals surface area contributed by atoms with Crippen molar-refractivity contribution in [2.24, 2.45) is 0 Å². The van der Waals surface area contributed by atoms with E-state index in [-0.39, 0.29) is 17.9 Å². The van der Waals surface area contributed by atoms with Gasteiger partial charge in [-0.3, -0.25) is 14.6 Å². The van der Waals surface area contributed by atoms with E-state index in [0.29, 0.717) is 13.0 Å². The van der Waals surface area contributed by atoms with Crippen molar-refractivity contribution in [3.8, 4) is 0 Å². The number of nitrogens with zero attached hydrogens (tertiary/aromatic N) is 2. The molecule has 25 heavy (non-hydrogen) atoms. The van der Waals surface area contributed by atoms with Crippen LogP contribution in [0.25, 0.3) is 0 Å². The highest BCUT2D eigenvalue weighted by atomic mass is 32.1. The largest absolute Gasteiger partial charge is 0.351 e. The first-order chi connectivity index (χ1) is 12.0. The molecule has 0 aromatic carbocycles. The molecule has 1 fully saturated rings. The molecule has 0 aliphatic carbocycles. The standard InChI is InChI=1S/C19H23N3O2S/c1-13-5-6-17(25-13)11-19(24)22-9-3-4-18(22)15-7-8-20-16(10-15)12-21-14(2)23/h5-8,10,18H,3-4,9,11-12H2,1-2H3,(H,21,23)/t18-/m1/s1. The van der Waals surface area contributed by atoms with E-state index in [2.05, 4.69) is 23.3 Å². The number of likely N-dealkylation sites (tertiary alicyclic amines) is 1. The van der Waals surface area contributed by atoms with E-state index in [1.54, 1.807) is 17.5 Å². The molecule has 2 amide bonds. The van der Waals surface area contributed by atoms with Gasteiger partial charge in [0.2, 0.25) is 11.8 Å². The molecular formula is C19H23N3O2S. The summed E-state index contributed by atoms with van der Waals surface area (Å²) in [5.41, 5.74) is 1.92. The molecule has 1 N–H and O–H groups in total. The molecule has 2 aromatic rings. The van der Waals surface area contributed by atoms with Gasteiger partial charge in [-0.15, -0.1) is 11.3 Å². The maximum atomic E-state index is 12.8. The fraction of sp³-hybridized carbons (Fsp3) is 0.421. The lowest BCUT2D eigenvalue weighted by molar-refractivity contribution is -0.131. The van der Waals surface area contributed by atoms with E-state index in [4.69, 9.17) is 0 Å². The number of rotatable bonds is 5. The first-order valence-corrected chi connectivity index (χ1v) is 9.38. The number of thiophene rings is 1. The number of hydrogen-bond donors (Lipinski definition) is 1. The molecule has 1 aliphatic rings. The highest BCUT2D eigenvalue weighted by molar-refractivity contribution is 7.12. The van der Waals surface area contributed by atoms with Crippen LogP contribution in [-0.4, -0.2) is 28.2 Å². The number of pyridine rings is 1. The lowest BCUT2D eigenvalue weighted by Gasteiger charge is -2.25. The van der Waals surface area contributed by atoms with Crippen LogP contribution in [0.4, 0.5) is 0 Å². The second kappa shape index (κ2) is 7.78. The van der Waals surface area contributed by atoms with Crippen LogP contribution in [0, 0.1) is 6.92 Å². The monoisotopic (exact) mass is 357 g/mol. The summed E-state index contributed by atoms with van der Waals surface area (Å²) >= 11 is 1.69. The molecule has 5 nitrogen and oxygen atoms in total. The topological polar surface area (TPSA) is 62.3 Å². The van der Waals surface area contributed by atoms with Gasteiger partial charge in [0, 0.05) is 29.4 Å². The second-order valence-electron chi connectivity index (χ2n) is 6.42. The molecule has 0 bridgehead atoms. The van der Waals surface area contributed by atoms with Crippen LogP contribution in [0.5, 0.6) is 0 Å². The van der Waals surface area contributed by atoms with Gasteiger partial charge in [-0.05, 0) is 49.6 Å². The summed E-state index contributed by atoms with van der Waals surface area (Å²) in [6, 6.07) is 8.18. The average Bonchev–Trinajstić information content (AvgIpc) is 3.22. The average molecular weight is 357 g/mol. The predicted molar refractivity (Wildman–Crippen MR) is 98.2 cm³/mol. The van der Waals surface area contributed by atoms with E-state index >= 15 is 0 Å². The number of hydrogen-bond acceptors (Lipinski definition) is 4. The molecule has 0 spiro atoms. The van der Waals surface area contributed by atoms with Crippen molar-refractivity contribution in [2.45, 2.75) is 45.7 Å². The number of nitrogens with one attached hydrogen (secondary N) is 1. The van der Waals surface area contributed by atoms with E-state index in [9.17, 15) is 9.59 Å². The van der Waals surface area contributed by atoms with Gasteiger partial charge in [-0.2, -0.15) is 0 Å². The number of amides is 2. The maximum absolute atomic E-state index is 12.8. The Morgan fingerprint density at radius 3 is 2.92 bits per heavy atom. The molecule has 132 valence electrons. The highest BCUT2D eigenvalue weighted by Crippen LogP contribution is 2.33. The van der Waals surface area contributed by atoms with Gasteiger partial charge >= 0.3 is 0 Å². The number of carbonyl (C=O) groups is 2. The van der Waals surface area contributed by atoms with E-state index < -0.39 is 0 Å². The summed E-state index contributed by atoms with van der Waals surface area (Å²) in [5.74, 6) is 0.112. The number of aromatic nitrogens is 1. The van der Waals surface area contributed by atoms with Crippen molar-refractivity contribution in [3.05, 3.63) is 51.5 Å². The molecule has 6 heteroatoms. The van der Waals surface area contributed by atoms with Crippen LogP contribution in [0.1, 0.15) is 46.8 Å². The minimum Gasteiger partial charge on any atom is -0.351 e. The Balaban J connectivity index is 1.71. The Kier molecular flexibility index (Phi) is 5.48. The van der Waals surface area contributed by atoms with Crippen LogP contribution in [0.3, 0.4) is 0 Å². The summed E-state index contributed by atoms with van der Waals surface area (Å²) in [5, 5.41) is 2.77. The van der Waals surface area contributed by atoms with E-state index in [1.807, 2.05) is 23.1 Å². The van der Waals surface area contributed by atoms with Gasteiger partial charge in [0.25, 0.3) is 0 Å². The highest BCUT2D eigenvalue weighted by Gasteiger charge is 2.30. The molecule has 3 heterocycles. The Hall–Kier alpha value is -2.21. The van der Waals surface area contributed by atoms with Gasteiger partial charge in [0.1, 0.15) is 0 Å². The molecule has 0 saturated carbocycles. The van der Waals surface area contributed by atoms with Crippen molar-refractivity contribution in [1.82, 2.24) is 15.2 Å². The third-order valence-electron chi connectivity index (χ3n) is 4.44. The van der Waals surface area contributed by atoms with Crippen LogP contribution < -0.4 is 5.32 Å². The van der Waals surface area contributed by atoms with Crippen molar-refractivity contribution in [2.75, 3.05) is 6.54 Å². The first-order valence-electron chi connectivity index (χ1n) is 8.57. The van der Waals surface area contributed by atoms with Crippen LogP contribution in [0.15, 0.2) is 30.5 Å². The number of aryl methyl sites for hydroxylation is 1. The van der Waals surface area contributed by atoms with E-state index in [0.717, 1.165) is 35.5 Å². The lowest BCUT2D eigenvalue weighted by atomic mass is 10.0. The first kappa shape index (κ1) is 17.6. The SMILES string of the molecule is CC(=O)NCc1cc([C@H]2CCCN2C(=O)Cc2ccc(C)s2)ccn1. The Labute approximate surface area is 152 Å². The fourth-order valence-corrected chi connectivity index (χ4v) is 4.14. The van der Waals surface area contributed by atoms with E-state index in [1.165, 1.54) is 11.8 Å². The van der Waals surface area contributed by atoms with Crippen molar-refractivity contribution < 1.29 is 9.59 Å². The zero-order valence-electron chi connectivity index (χ0n) is 14.6. The third-order valence-corrected chi connectivity index (χ3v) is 5.44. The molecule has 1 aliphatic heterocycles. The summed E-state index contributed by atoms with van der Waals surface area (Å²) < 4.78 is 0. The molecule has 3 rings (SSSR count). The quantitative estimate of drug-likeness (QED) is 0.895. The van der Waals surface area contributed by atoms with Crippen molar-refractivity contribution in [1.29, 1.82) is 0 Å². The van der Waals surface area contributed by atoms with Gasteiger partial charge in [-0.25, -0.2) is 0 Å². The minimum atomic E-state index is -0.0730. The fourth-order valence-electron chi connectivity index (χ4n) is 3.26. The van der Waals surface area contributed by atoms with Crippen LogP contribution >= 0.6 is 11.3 Å². The molecular weight excluding hydrogens is 334 g/mol. The Bertz CT molecular complexity index is 772.